The quantitative estimate of drug-likeness (QED) is 0.185. The third-order valence-corrected chi connectivity index (χ3v) is 11.6. The zero-order valence-corrected chi connectivity index (χ0v) is 29.6. The predicted molar refractivity (Wildman–Crippen MR) is 219 cm³/mol. The van der Waals surface area contributed by atoms with Crippen molar-refractivity contribution in [3.8, 4) is 34.4 Å². The predicted octanol–water partition coefficient (Wildman–Crippen LogP) is 11.9. The fourth-order valence-corrected chi connectivity index (χ4v) is 9.06. The van der Waals surface area contributed by atoms with E-state index < -0.39 is 0 Å². The van der Waals surface area contributed by atoms with Gasteiger partial charge in [0.05, 0.1) is 22.1 Å². The highest BCUT2D eigenvalue weighted by molar-refractivity contribution is 6.12. The summed E-state index contributed by atoms with van der Waals surface area (Å²) in [4.78, 5) is 16.0. The third-order valence-electron chi connectivity index (χ3n) is 11.6. The van der Waals surface area contributed by atoms with Gasteiger partial charge in [0.25, 0.3) is 0 Å². The van der Waals surface area contributed by atoms with Gasteiger partial charge in [-0.15, -0.1) is 0 Å². The molecule has 0 saturated heterocycles. The first-order valence-electron chi connectivity index (χ1n) is 18.4. The Morgan fingerprint density at radius 1 is 0.426 bits per heavy atom. The van der Waals surface area contributed by atoms with Gasteiger partial charge in [0.1, 0.15) is 11.2 Å². The fourth-order valence-electron chi connectivity index (χ4n) is 9.06. The number of hydrogen-bond donors (Lipinski definition) is 0. The molecule has 0 aliphatic heterocycles. The van der Waals surface area contributed by atoms with E-state index >= 15 is 0 Å². The lowest BCUT2D eigenvalue weighted by molar-refractivity contribution is 0.661. The highest BCUT2D eigenvalue weighted by atomic mass is 16.3. The molecule has 0 bridgehead atoms. The van der Waals surface area contributed by atoms with Crippen LogP contribution in [0.25, 0.3) is 100.0 Å². The highest BCUT2D eigenvalue weighted by Gasteiger charge is 2.36. The van der Waals surface area contributed by atoms with E-state index in [1.807, 2.05) is 18.2 Å². The Hall–Kier alpha value is -7.05. The Kier molecular flexibility index (Phi) is 5.75. The second-order valence-corrected chi connectivity index (χ2v) is 14.9. The fraction of sp³-hybridized carbons (Fsp3) is 0.0625. The van der Waals surface area contributed by atoms with E-state index in [0.717, 1.165) is 65.7 Å². The molecule has 4 heterocycles. The molecular formula is C48H31N5O. The minimum absolute atomic E-state index is 0.122. The van der Waals surface area contributed by atoms with Crippen LogP contribution >= 0.6 is 0 Å². The van der Waals surface area contributed by atoms with Crippen LogP contribution in [0, 0.1) is 0 Å². The van der Waals surface area contributed by atoms with Gasteiger partial charge in [-0.25, -0.2) is 0 Å². The number of para-hydroxylation sites is 4. The van der Waals surface area contributed by atoms with Crippen molar-refractivity contribution in [2.45, 2.75) is 19.3 Å². The molecule has 0 unspecified atom stereocenters. The van der Waals surface area contributed by atoms with Crippen molar-refractivity contribution >= 4 is 65.6 Å². The van der Waals surface area contributed by atoms with Crippen molar-refractivity contribution in [2.24, 2.45) is 0 Å². The molecule has 11 aromatic rings. The Bertz CT molecular complexity index is 3330. The Labute approximate surface area is 309 Å². The smallest absolute Gasteiger partial charge is 0.240 e. The third kappa shape index (κ3) is 3.91. The van der Waals surface area contributed by atoms with Crippen LogP contribution in [-0.4, -0.2) is 24.1 Å². The molecule has 1 aliphatic carbocycles. The number of nitrogens with zero attached hydrogens (tertiary/aromatic N) is 5. The molecule has 6 heteroatoms. The maximum absolute atomic E-state index is 6.36. The molecule has 7 aromatic carbocycles. The minimum atomic E-state index is -0.122. The van der Waals surface area contributed by atoms with Crippen molar-refractivity contribution in [3.05, 3.63) is 163 Å². The molecule has 0 spiro atoms. The van der Waals surface area contributed by atoms with Crippen LogP contribution in [0.3, 0.4) is 0 Å². The Morgan fingerprint density at radius 2 is 0.981 bits per heavy atom. The minimum Gasteiger partial charge on any atom is -0.456 e. The summed E-state index contributed by atoms with van der Waals surface area (Å²) in [6.07, 6.45) is 0. The first kappa shape index (κ1) is 29.5. The van der Waals surface area contributed by atoms with Crippen LogP contribution in [0.15, 0.2) is 156 Å². The van der Waals surface area contributed by atoms with Gasteiger partial charge in [0.15, 0.2) is 5.82 Å². The van der Waals surface area contributed by atoms with Crippen LogP contribution in [0.5, 0.6) is 0 Å². The summed E-state index contributed by atoms with van der Waals surface area (Å²) in [7, 11) is 0. The van der Waals surface area contributed by atoms with Crippen molar-refractivity contribution in [2.75, 3.05) is 0 Å². The second-order valence-electron chi connectivity index (χ2n) is 14.9. The number of aromatic nitrogens is 5. The van der Waals surface area contributed by atoms with Gasteiger partial charge >= 0.3 is 0 Å². The number of rotatable bonds is 3. The molecule has 6 nitrogen and oxygen atoms in total. The molecule has 0 atom stereocenters. The van der Waals surface area contributed by atoms with Crippen molar-refractivity contribution in [1.29, 1.82) is 0 Å². The summed E-state index contributed by atoms with van der Waals surface area (Å²) >= 11 is 0. The molecule has 12 rings (SSSR count). The van der Waals surface area contributed by atoms with Gasteiger partial charge in [-0.1, -0.05) is 117 Å². The maximum atomic E-state index is 6.36. The maximum Gasteiger partial charge on any atom is 0.240 e. The Balaban J connectivity index is 1.19. The van der Waals surface area contributed by atoms with Gasteiger partial charge in [-0.05, 0) is 70.8 Å². The first-order valence-corrected chi connectivity index (χ1v) is 18.4. The van der Waals surface area contributed by atoms with Crippen LogP contribution in [0.4, 0.5) is 0 Å². The van der Waals surface area contributed by atoms with E-state index in [1.165, 1.54) is 27.6 Å². The lowest BCUT2D eigenvalue weighted by Crippen LogP contribution is -2.14. The van der Waals surface area contributed by atoms with Gasteiger partial charge < -0.3 is 4.42 Å². The molecule has 1 aliphatic rings. The van der Waals surface area contributed by atoms with E-state index in [0.29, 0.717) is 17.7 Å². The van der Waals surface area contributed by atoms with E-state index in [2.05, 4.69) is 156 Å². The van der Waals surface area contributed by atoms with E-state index in [4.69, 9.17) is 19.4 Å². The van der Waals surface area contributed by atoms with Crippen LogP contribution in [-0.2, 0) is 5.41 Å². The molecule has 0 saturated carbocycles. The average Bonchev–Trinajstić information content (AvgIpc) is 3.92. The normalized spacial score (nSPS) is 13.5. The zero-order valence-electron chi connectivity index (χ0n) is 29.6. The average molecular weight is 694 g/mol. The monoisotopic (exact) mass is 693 g/mol. The number of furan rings is 1. The molecule has 254 valence electrons. The highest BCUT2D eigenvalue weighted by Crippen LogP contribution is 2.51. The lowest BCUT2D eigenvalue weighted by Gasteiger charge is -2.21. The number of hydrogen-bond acceptors (Lipinski definition) is 4. The van der Waals surface area contributed by atoms with Gasteiger partial charge in [0, 0.05) is 43.3 Å². The standard InChI is InChI=1S/C48H31N5O/c1-48(2)37-18-8-3-13-29(37)35-27-42-36(26-38(35)48)32-16-6-11-21-41(32)53(42)47-50-45(28-23-24-34-33-17-7-12-22-43(33)54-44(34)25-28)49-46(51-47)52-39-19-9-4-14-30(39)31-15-5-10-20-40(31)52/h3-27H,1-2H3. The SMILES string of the molecule is CC1(C)c2ccccc2-c2cc3c(cc21)c1ccccc1n3-c1nc(-c2ccc3c(c2)oc2ccccc23)nc(-n2c3ccccc3c3ccccc32)n1. The largest absolute Gasteiger partial charge is 0.456 e. The number of fused-ring (bicyclic) bond motifs is 12. The molecule has 0 amide bonds. The first-order chi connectivity index (χ1) is 26.5. The van der Waals surface area contributed by atoms with Gasteiger partial charge in [-0.2, -0.15) is 15.0 Å². The molecule has 54 heavy (non-hydrogen) atoms. The summed E-state index contributed by atoms with van der Waals surface area (Å²) in [6.45, 7) is 4.66. The van der Waals surface area contributed by atoms with E-state index in [9.17, 15) is 0 Å². The van der Waals surface area contributed by atoms with Crippen LogP contribution in [0.2, 0.25) is 0 Å². The summed E-state index contributed by atoms with van der Waals surface area (Å²) in [5.41, 5.74) is 11.8. The summed E-state index contributed by atoms with van der Waals surface area (Å²) in [5, 5.41) is 6.78. The van der Waals surface area contributed by atoms with Crippen molar-refractivity contribution < 1.29 is 4.42 Å². The molecule has 0 fully saturated rings. The van der Waals surface area contributed by atoms with Gasteiger partial charge in [0.2, 0.25) is 11.9 Å². The summed E-state index contributed by atoms with van der Waals surface area (Å²) < 4.78 is 10.8. The van der Waals surface area contributed by atoms with Gasteiger partial charge in [-0.3, -0.25) is 9.13 Å². The number of benzene rings is 7. The second kappa shape index (κ2) is 10.5. The van der Waals surface area contributed by atoms with Crippen molar-refractivity contribution in [3.63, 3.8) is 0 Å². The zero-order chi connectivity index (χ0) is 35.7. The molecule has 0 radical (unpaired) electrons. The topological polar surface area (TPSA) is 61.7 Å². The summed E-state index contributed by atoms with van der Waals surface area (Å²) in [5.74, 6) is 1.67. The van der Waals surface area contributed by atoms with E-state index in [-0.39, 0.29) is 5.41 Å². The van der Waals surface area contributed by atoms with Crippen LogP contribution in [0.1, 0.15) is 25.0 Å². The summed E-state index contributed by atoms with van der Waals surface area (Å²) in [6, 6.07) is 53.5. The van der Waals surface area contributed by atoms with E-state index in [1.54, 1.807) is 0 Å². The molecule has 4 aromatic heterocycles. The van der Waals surface area contributed by atoms with Crippen LogP contribution < -0.4 is 0 Å². The molecular weight excluding hydrogens is 663 g/mol. The Morgan fingerprint density at radius 3 is 1.69 bits per heavy atom. The molecule has 0 N–H and O–H groups in total. The lowest BCUT2D eigenvalue weighted by atomic mass is 9.82. The van der Waals surface area contributed by atoms with Crippen molar-refractivity contribution in [1.82, 2.24) is 24.1 Å².